The van der Waals surface area contributed by atoms with Crippen molar-refractivity contribution in [2.45, 2.75) is 0 Å². The maximum absolute atomic E-state index is 12.6. The zero-order valence-electron chi connectivity index (χ0n) is 16.3. The van der Waals surface area contributed by atoms with Crippen LogP contribution in [0.3, 0.4) is 0 Å². The van der Waals surface area contributed by atoms with E-state index in [1.807, 2.05) is 48.5 Å². The average molecular weight is 442 g/mol. The fraction of sp³-hybridized carbons (Fsp3) is 0.217. The molecule has 0 bridgehead atoms. The molecule has 0 saturated carbocycles. The Bertz CT molecular complexity index is 1090. The third kappa shape index (κ3) is 4.37. The van der Waals surface area contributed by atoms with Gasteiger partial charge in [-0.3, -0.25) is 9.59 Å². The summed E-state index contributed by atoms with van der Waals surface area (Å²) < 4.78 is 0. The molecule has 1 heterocycles. The molecule has 5 nitrogen and oxygen atoms in total. The molecule has 154 valence electrons. The van der Waals surface area contributed by atoms with Crippen LogP contribution in [0.15, 0.2) is 60.7 Å². The van der Waals surface area contributed by atoms with Gasteiger partial charge in [-0.25, -0.2) is 0 Å². The van der Waals surface area contributed by atoms with Gasteiger partial charge in [-0.2, -0.15) is 0 Å². The minimum Gasteiger partial charge on any atom is -0.368 e. The SMILES string of the molecule is O=C(NCC(=O)N1CCN(c2ccc(Cl)c(Cl)c2)CC1)c1cccc2ccccc12. The third-order valence-electron chi connectivity index (χ3n) is 5.34. The molecular formula is C23H21Cl2N3O2. The number of nitrogens with one attached hydrogen (secondary N) is 1. The number of rotatable bonds is 4. The highest BCUT2D eigenvalue weighted by Gasteiger charge is 2.22. The van der Waals surface area contributed by atoms with Gasteiger partial charge in [-0.1, -0.05) is 59.6 Å². The summed E-state index contributed by atoms with van der Waals surface area (Å²) in [5, 5.41) is 5.68. The van der Waals surface area contributed by atoms with E-state index in [1.54, 1.807) is 17.0 Å². The fourth-order valence-corrected chi connectivity index (χ4v) is 3.97. The number of fused-ring (bicyclic) bond motifs is 1. The number of hydrogen-bond acceptors (Lipinski definition) is 3. The second-order valence-electron chi connectivity index (χ2n) is 7.18. The fourth-order valence-electron chi connectivity index (χ4n) is 3.68. The molecule has 0 aromatic heterocycles. The summed E-state index contributed by atoms with van der Waals surface area (Å²) in [4.78, 5) is 29.2. The Labute approximate surface area is 185 Å². The molecule has 1 aliphatic rings. The van der Waals surface area contributed by atoms with Crippen molar-refractivity contribution in [1.29, 1.82) is 0 Å². The predicted octanol–water partition coefficient (Wildman–Crippen LogP) is 4.23. The van der Waals surface area contributed by atoms with Crippen molar-refractivity contribution in [1.82, 2.24) is 10.2 Å². The number of amides is 2. The number of halogens is 2. The molecule has 7 heteroatoms. The van der Waals surface area contributed by atoms with Crippen LogP contribution in [0.2, 0.25) is 10.0 Å². The Morgan fingerprint density at radius 2 is 1.60 bits per heavy atom. The zero-order valence-corrected chi connectivity index (χ0v) is 17.8. The minimum atomic E-state index is -0.241. The van der Waals surface area contributed by atoms with E-state index < -0.39 is 0 Å². The summed E-state index contributed by atoms with van der Waals surface area (Å²) in [6.07, 6.45) is 0. The van der Waals surface area contributed by atoms with Crippen molar-refractivity contribution in [3.8, 4) is 0 Å². The van der Waals surface area contributed by atoms with Crippen molar-refractivity contribution in [2.24, 2.45) is 0 Å². The number of anilines is 1. The Kier molecular flexibility index (Phi) is 6.11. The van der Waals surface area contributed by atoms with E-state index in [0.29, 0.717) is 41.8 Å². The number of carbonyl (C=O) groups is 2. The van der Waals surface area contributed by atoms with Crippen molar-refractivity contribution in [3.05, 3.63) is 76.3 Å². The van der Waals surface area contributed by atoms with E-state index in [-0.39, 0.29) is 18.4 Å². The number of benzene rings is 3. The lowest BCUT2D eigenvalue weighted by atomic mass is 10.0. The van der Waals surface area contributed by atoms with Gasteiger partial charge in [-0.15, -0.1) is 0 Å². The van der Waals surface area contributed by atoms with Crippen LogP contribution in [-0.2, 0) is 4.79 Å². The molecular weight excluding hydrogens is 421 g/mol. The van der Waals surface area contributed by atoms with Crippen LogP contribution in [0.1, 0.15) is 10.4 Å². The van der Waals surface area contributed by atoms with Crippen molar-refractivity contribution < 1.29 is 9.59 Å². The Balaban J connectivity index is 1.32. The molecule has 1 N–H and O–H groups in total. The van der Waals surface area contributed by atoms with Gasteiger partial charge in [-0.05, 0) is 35.0 Å². The second kappa shape index (κ2) is 8.94. The van der Waals surface area contributed by atoms with Gasteiger partial charge >= 0.3 is 0 Å². The van der Waals surface area contributed by atoms with Gasteiger partial charge in [0.1, 0.15) is 0 Å². The van der Waals surface area contributed by atoms with Crippen LogP contribution in [0.4, 0.5) is 5.69 Å². The Morgan fingerprint density at radius 1 is 0.867 bits per heavy atom. The molecule has 1 saturated heterocycles. The molecule has 2 amide bonds. The quantitative estimate of drug-likeness (QED) is 0.658. The third-order valence-corrected chi connectivity index (χ3v) is 6.07. The van der Waals surface area contributed by atoms with Crippen LogP contribution in [-0.4, -0.2) is 49.4 Å². The monoisotopic (exact) mass is 441 g/mol. The largest absolute Gasteiger partial charge is 0.368 e. The topological polar surface area (TPSA) is 52.7 Å². The van der Waals surface area contributed by atoms with Gasteiger partial charge in [0.2, 0.25) is 5.91 Å². The Morgan fingerprint density at radius 3 is 2.37 bits per heavy atom. The second-order valence-corrected chi connectivity index (χ2v) is 7.99. The summed E-state index contributed by atoms with van der Waals surface area (Å²) in [6, 6.07) is 18.8. The summed E-state index contributed by atoms with van der Waals surface area (Å²) in [5.41, 5.74) is 1.56. The lowest BCUT2D eigenvalue weighted by molar-refractivity contribution is -0.130. The first-order valence-electron chi connectivity index (χ1n) is 9.76. The van der Waals surface area contributed by atoms with Crippen molar-refractivity contribution >= 4 is 51.5 Å². The summed E-state index contributed by atoms with van der Waals surface area (Å²) in [6.45, 7) is 2.54. The van der Waals surface area contributed by atoms with E-state index in [2.05, 4.69) is 10.2 Å². The predicted molar refractivity (Wildman–Crippen MR) is 122 cm³/mol. The number of carbonyl (C=O) groups excluding carboxylic acids is 2. The molecule has 3 aromatic carbocycles. The van der Waals surface area contributed by atoms with E-state index >= 15 is 0 Å². The number of hydrogen-bond donors (Lipinski definition) is 1. The van der Waals surface area contributed by atoms with Gasteiger partial charge in [0.25, 0.3) is 5.91 Å². The number of piperazine rings is 1. The first-order valence-corrected chi connectivity index (χ1v) is 10.5. The molecule has 0 aliphatic carbocycles. The van der Waals surface area contributed by atoms with E-state index in [4.69, 9.17) is 23.2 Å². The van der Waals surface area contributed by atoms with E-state index in [1.165, 1.54) is 0 Å². The van der Waals surface area contributed by atoms with Gasteiger partial charge < -0.3 is 15.1 Å². The van der Waals surface area contributed by atoms with E-state index in [0.717, 1.165) is 16.5 Å². The van der Waals surface area contributed by atoms with E-state index in [9.17, 15) is 9.59 Å². The summed E-state index contributed by atoms with van der Waals surface area (Å²) >= 11 is 12.1. The molecule has 0 unspecified atom stereocenters. The highest BCUT2D eigenvalue weighted by atomic mass is 35.5. The molecule has 1 fully saturated rings. The van der Waals surface area contributed by atoms with Crippen LogP contribution >= 0.6 is 23.2 Å². The van der Waals surface area contributed by atoms with Crippen molar-refractivity contribution in [3.63, 3.8) is 0 Å². The van der Waals surface area contributed by atoms with Crippen LogP contribution < -0.4 is 10.2 Å². The average Bonchev–Trinajstić information content (AvgIpc) is 2.78. The Hall–Kier alpha value is -2.76. The zero-order chi connectivity index (χ0) is 21.1. The molecule has 4 rings (SSSR count). The summed E-state index contributed by atoms with van der Waals surface area (Å²) in [7, 11) is 0. The van der Waals surface area contributed by atoms with Gasteiger partial charge in [0.15, 0.2) is 0 Å². The molecule has 1 aliphatic heterocycles. The molecule has 0 atom stereocenters. The molecule has 30 heavy (non-hydrogen) atoms. The van der Waals surface area contributed by atoms with Gasteiger partial charge in [0, 0.05) is 37.4 Å². The summed E-state index contributed by atoms with van der Waals surface area (Å²) in [5.74, 6) is -0.327. The number of nitrogens with zero attached hydrogens (tertiary/aromatic N) is 2. The lowest BCUT2D eigenvalue weighted by Gasteiger charge is -2.36. The van der Waals surface area contributed by atoms with Crippen LogP contribution in [0, 0.1) is 0 Å². The standard InChI is InChI=1S/C23H21Cl2N3O2/c24-20-9-8-17(14-21(20)25)27-10-12-28(13-11-27)22(29)15-26-23(30)19-7-3-5-16-4-1-2-6-18(16)19/h1-9,14H,10-13,15H2,(H,26,30). The first-order chi connectivity index (χ1) is 14.5. The van der Waals surface area contributed by atoms with Crippen LogP contribution in [0.5, 0.6) is 0 Å². The molecule has 0 radical (unpaired) electrons. The maximum Gasteiger partial charge on any atom is 0.252 e. The molecule has 0 spiro atoms. The van der Waals surface area contributed by atoms with Crippen LogP contribution in [0.25, 0.3) is 10.8 Å². The highest BCUT2D eigenvalue weighted by Crippen LogP contribution is 2.27. The first kappa shape index (κ1) is 20.5. The lowest BCUT2D eigenvalue weighted by Crippen LogP contribution is -2.51. The highest BCUT2D eigenvalue weighted by molar-refractivity contribution is 6.42. The van der Waals surface area contributed by atoms with Gasteiger partial charge in [0.05, 0.1) is 16.6 Å². The van der Waals surface area contributed by atoms with Crippen molar-refractivity contribution in [2.75, 3.05) is 37.6 Å². The minimum absolute atomic E-state index is 0.0190. The normalized spacial score (nSPS) is 14.1. The smallest absolute Gasteiger partial charge is 0.252 e. The maximum atomic E-state index is 12.6. The molecule has 3 aromatic rings.